The third-order valence-corrected chi connectivity index (χ3v) is 6.19. The molecule has 0 radical (unpaired) electrons. The van der Waals surface area contributed by atoms with E-state index in [0.717, 1.165) is 31.1 Å². The summed E-state index contributed by atoms with van der Waals surface area (Å²) >= 11 is 0. The van der Waals surface area contributed by atoms with Crippen LogP contribution in [0, 0.1) is 11.6 Å². The summed E-state index contributed by atoms with van der Waals surface area (Å²) in [6, 6.07) is 1.85. The van der Waals surface area contributed by atoms with Gasteiger partial charge in [0.2, 0.25) is 5.95 Å². The molecule has 1 aliphatic heterocycles. The lowest BCUT2D eigenvalue weighted by molar-refractivity contribution is 0.132. The zero-order valence-corrected chi connectivity index (χ0v) is 17.8. The van der Waals surface area contributed by atoms with Crippen molar-refractivity contribution in [3.05, 3.63) is 42.0 Å². The van der Waals surface area contributed by atoms with Crippen LogP contribution in [0.1, 0.15) is 44.5 Å². The lowest BCUT2D eigenvalue weighted by Crippen LogP contribution is -2.34. The minimum Gasteiger partial charge on any atom is -0.391 e. The molecule has 5 rings (SSSR count). The van der Waals surface area contributed by atoms with Gasteiger partial charge in [-0.25, -0.2) is 18.7 Å². The fourth-order valence-corrected chi connectivity index (χ4v) is 4.20. The molecule has 1 saturated heterocycles. The zero-order chi connectivity index (χ0) is 22.6. The van der Waals surface area contributed by atoms with Crippen LogP contribution in [0.25, 0.3) is 16.6 Å². The first-order chi connectivity index (χ1) is 15.3. The van der Waals surface area contributed by atoms with Crippen LogP contribution < -0.4 is 10.6 Å². The van der Waals surface area contributed by atoms with E-state index in [1.807, 2.05) is 13.1 Å². The third kappa shape index (κ3) is 3.42. The Balaban J connectivity index is 1.48. The number of nitrogen functional groups attached to an aromatic ring is 1. The Bertz CT molecular complexity index is 1300. The van der Waals surface area contributed by atoms with E-state index in [1.54, 1.807) is 17.8 Å². The predicted octanol–water partition coefficient (Wildman–Crippen LogP) is 2.66. The van der Waals surface area contributed by atoms with Crippen LogP contribution in [-0.4, -0.2) is 53.7 Å². The molecule has 3 aromatic heterocycles. The number of nitrogens with zero attached hydrogens (tertiary/aromatic N) is 7. The van der Waals surface area contributed by atoms with Crippen LogP contribution in [0.3, 0.4) is 0 Å². The van der Waals surface area contributed by atoms with Gasteiger partial charge >= 0.3 is 0 Å². The van der Waals surface area contributed by atoms with Gasteiger partial charge in [0.1, 0.15) is 11.3 Å². The molecule has 168 valence electrons. The maximum absolute atomic E-state index is 14.2. The molecule has 3 atom stereocenters. The molecule has 0 spiro atoms. The summed E-state index contributed by atoms with van der Waals surface area (Å²) in [6.45, 7) is 5.18. The molecule has 1 aromatic carbocycles. The smallest absolute Gasteiger partial charge is 0.223 e. The van der Waals surface area contributed by atoms with Crippen molar-refractivity contribution < 1.29 is 13.9 Å². The third-order valence-electron chi connectivity index (χ3n) is 6.19. The molecule has 9 nitrogen and oxygen atoms in total. The highest BCUT2D eigenvalue weighted by Gasteiger charge is 2.27. The van der Waals surface area contributed by atoms with Crippen molar-refractivity contribution in [1.29, 1.82) is 0 Å². The van der Waals surface area contributed by atoms with E-state index in [1.165, 1.54) is 10.6 Å². The van der Waals surface area contributed by atoms with Crippen LogP contribution in [0.4, 0.5) is 20.4 Å². The van der Waals surface area contributed by atoms with Crippen molar-refractivity contribution in [2.75, 3.05) is 23.7 Å². The van der Waals surface area contributed by atoms with Gasteiger partial charge in [-0.3, -0.25) is 4.68 Å². The van der Waals surface area contributed by atoms with Crippen LogP contribution in [-0.2, 0) is 0 Å². The quantitative estimate of drug-likeness (QED) is 0.500. The van der Waals surface area contributed by atoms with E-state index in [2.05, 4.69) is 25.1 Å². The first kappa shape index (κ1) is 20.6. The lowest BCUT2D eigenvalue weighted by atomic mass is 9.97. The molecule has 32 heavy (non-hydrogen) atoms. The molecule has 0 bridgehead atoms. The summed E-state index contributed by atoms with van der Waals surface area (Å²) in [5, 5.41) is 19.0. The van der Waals surface area contributed by atoms with Gasteiger partial charge in [-0.05, 0) is 32.8 Å². The van der Waals surface area contributed by atoms with Gasteiger partial charge in [0.25, 0.3) is 0 Å². The summed E-state index contributed by atoms with van der Waals surface area (Å²) in [7, 11) is 0. The number of piperidine rings is 1. The fraction of sp³-hybridized carbons (Fsp3) is 0.429. The van der Waals surface area contributed by atoms with E-state index in [4.69, 9.17) is 5.73 Å². The summed E-state index contributed by atoms with van der Waals surface area (Å²) in [6.07, 6.45) is 5.01. The highest BCUT2D eigenvalue weighted by molar-refractivity contribution is 5.92. The number of rotatable bonds is 4. The van der Waals surface area contributed by atoms with Crippen LogP contribution >= 0.6 is 0 Å². The normalized spacial score (nSPS) is 19.0. The standard InChI is InChI=1S/C21H24F2N8O/c1-11(12(2)32)30-10-15(8-25-30)29-5-3-4-13(9-29)19-27-20-16-6-14(22)7-17(23)18(16)26-21(24)31(20)28-19/h6-8,10-13,32H,3-5,9H2,1-2H3,(H2,24,26)/t11-,12+,13-/m1/s1. The first-order valence-electron chi connectivity index (χ1n) is 10.6. The number of aromatic nitrogens is 6. The molecular weight excluding hydrogens is 418 g/mol. The van der Waals surface area contributed by atoms with Gasteiger partial charge < -0.3 is 15.7 Å². The average molecular weight is 442 g/mol. The topological polar surface area (TPSA) is 110 Å². The Morgan fingerprint density at radius 2 is 2.03 bits per heavy atom. The molecule has 11 heteroatoms. The summed E-state index contributed by atoms with van der Waals surface area (Å²) in [5.74, 6) is -0.928. The Morgan fingerprint density at radius 1 is 1.22 bits per heavy atom. The Morgan fingerprint density at radius 3 is 2.81 bits per heavy atom. The maximum atomic E-state index is 14.2. The van der Waals surface area contributed by atoms with Crippen LogP contribution in [0.15, 0.2) is 24.5 Å². The van der Waals surface area contributed by atoms with E-state index in [-0.39, 0.29) is 34.5 Å². The van der Waals surface area contributed by atoms with Crippen LogP contribution in [0.5, 0.6) is 0 Å². The minimum atomic E-state index is -0.786. The SMILES string of the molecule is C[C@H](O)[C@@H](C)n1cc(N2CCC[C@@H](c3nc4c5cc(F)cc(F)c5nc(N)n4n3)C2)cn1. The van der Waals surface area contributed by atoms with Gasteiger partial charge in [-0.2, -0.15) is 9.61 Å². The number of anilines is 2. The average Bonchev–Trinajstić information content (AvgIpc) is 3.43. The van der Waals surface area contributed by atoms with Crippen LogP contribution in [0.2, 0.25) is 0 Å². The Hall–Kier alpha value is -3.34. The number of benzene rings is 1. The second-order valence-corrected chi connectivity index (χ2v) is 8.40. The summed E-state index contributed by atoms with van der Waals surface area (Å²) in [5.41, 5.74) is 7.21. The number of nitrogens with two attached hydrogens (primary N) is 1. The van der Waals surface area contributed by atoms with Crippen molar-refractivity contribution in [2.24, 2.45) is 0 Å². The number of aliphatic hydroxyl groups excluding tert-OH is 1. The molecule has 0 unspecified atom stereocenters. The highest BCUT2D eigenvalue weighted by atomic mass is 19.1. The van der Waals surface area contributed by atoms with Gasteiger partial charge in [0.05, 0.1) is 29.4 Å². The number of halogens is 2. The van der Waals surface area contributed by atoms with Crippen molar-refractivity contribution in [2.45, 2.75) is 44.8 Å². The Kier molecular flexibility index (Phi) is 4.92. The first-order valence-corrected chi connectivity index (χ1v) is 10.6. The monoisotopic (exact) mass is 442 g/mol. The molecule has 4 aromatic rings. The van der Waals surface area contributed by atoms with Gasteiger partial charge in [-0.15, -0.1) is 5.10 Å². The molecular formula is C21H24F2N8O. The maximum Gasteiger partial charge on any atom is 0.223 e. The molecule has 1 fully saturated rings. The lowest BCUT2D eigenvalue weighted by Gasteiger charge is -2.32. The largest absolute Gasteiger partial charge is 0.391 e. The fourth-order valence-electron chi connectivity index (χ4n) is 4.20. The second kappa shape index (κ2) is 7.66. The summed E-state index contributed by atoms with van der Waals surface area (Å²) in [4.78, 5) is 10.9. The van der Waals surface area contributed by atoms with Crippen molar-refractivity contribution in [3.63, 3.8) is 0 Å². The van der Waals surface area contributed by atoms with Crippen molar-refractivity contribution >= 4 is 28.2 Å². The molecule has 0 amide bonds. The van der Waals surface area contributed by atoms with E-state index < -0.39 is 17.7 Å². The summed E-state index contributed by atoms with van der Waals surface area (Å²) < 4.78 is 31.2. The van der Waals surface area contributed by atoms with Gasteiger partial charge in [0, 0.05) is 31.3 Å². The Labute approximate surface area is 182 Å². The number of hydrogen-bond acceptors (Lipinski definition) is 7. The van der Waals surface area contributed by atoms with E-state index in [9.17, 15) is 13.9 Å². The van der Waals surface area contributed by atoms with E-state index >= 15 is 0 Å². The molecule has 0 aliphatic carbocycles. The molecule has 4 heterocycles. The number of fused-ring (bicyclic) bond motifs is 3. The van der Waals surface area contributed by atoms with Crippen molar-refractivity contribution in [3.8, 4) is 0 Å². The number of aliphatic hydroxyl groups is 1. The van der Waals surface area contributed by atoms with E-state index in [0.29, 0.717) is 12.4 Å². The van der Waals surface area contributed by atoms with Gasteiger partial charge in [0.15, 0.2) is 17.3 Å². The molecule has 0 saturated carbocycles. The second-order valence-electron chi connectivity index (χ2n) is 8.40. The van der Waals surface area contributed by atoms with Gasteiger partial charge in [-0.1, -0.05) is 0 Å². The number of hydrogen-bond donors (Lipinski definition) is 2. The zero-order valence-electron chi connectivity index (χ0n) is 17.8. The predicted molar refractivity (Wildman–Crippen MR) is 115 cm³/mol. The highest BCUT2D eigenvalue weighted by Crippen LogP contribution is 2.31. The molecule has 3 N–H and O–H groups in total. The minimum absolute atomic E-state index is 0.00203. The molecule has 1 aliphatic rings. The van der Waals surface area contributed by atoms with Crippen molar-refractivity contribution in [1.82, 2.24) is 29.4 Å².